The van der Waals surface area contributed by atoms with Crippen LogP contribution in [-0.2, 0) is 11.2 Å². The third-order valence-corrected chi connectivity index (χ3v) is 3.55. The molecule has 3 aromatic heterocycles. The van der Waals surface area contributed by atoms with Crippen LogP contribution in [0.4, 0.5) is 5.95 Å². The molecule has 1 amide bonds. The Hall–Kier alpha value is -2.48. The molecule has 0 aliphatic carbocycles. The number of anilines is 1. The number of pyridine rings is 1. The molecule has 9 heteroatoms. The summed E-state index contributed by atoms with van der Waals surface area (Å²) in [4.78, 5) is 27.5. The van der Waals surface area contributed by atoms with Gasteiger partial charge in [-0.3, -0.25) is 15.1 Å². The molecule has 3 aromatic rings. The maximum atomic E-state index is 11.4. The van der Waals surface area contributed by atoms with Crippen molar-refractivity contribution >= 4 is 34.5 Å². The summed E-state index contributed by atoms with van der Waals surface area (Å²) in [5.74, 6) is 0.196. The lowest BCUT2D eigenvalue weighted by molar-refractivity contribution is -0.114. The van der Waals surface area contributed by atoms with E-state index in [0.717, 1.165) is 28.7 Å². The summed E-state index contributed by atoms with van der Waals surface area (Å²) in [5.41, 5.74) is 3.67. The number of carbonyl (C=O) groups excluding carboxylic acids is 1. The van der Waals surface area contributed by atoms with E-state index in [1.807, 2.05) is 6.92 Å². The number of nitrogens with zero attached hydrogens (tertiary/aromatic N) is 5. The molecule has 0 bridgehead atoms. The van der Waals surface area contributed by atoms with E-state index in [-0.39, 0.29) is 17.7 Å². The molecule has 3 heterocycles. The highest BCUT2D eigenvalue weighted by Gasteiger charge is 2.15. The molecule has 22 heavy (non-hydrogen) atoms. The van der Waals surface area contributed by atoms with Crippen LogP contribution in [0.15, 0.2) is 12.5 Å². The number of imidazole rings is 1. The maximum Gasteiger partial charge on any atom is 0.241 e. The molecule has 2 N–H and O–H groups in total. The average Bonchev–Trinajstić information content (AvgIpc) is 3.13. The van der Waals surface area contributed by atoms with Crippen molar-refractivity contribution in [1.82, 2.24) is 29.7 Å². The van der Waals surface area contributed by atoms with E-state index in [0.29, 0.717) is 5.95 Å². The van der Waals surface area contributed by atoms with Crippen molar-refractivity contribution in [3.8, 4) is 5.95 Å². The number of aromatic amines is 1. The molecule has 0 aromatic carbocycles. The van der Waals surface area contributed by atoms with E-state index in [2.05, 4.69) is 37.3 Å². The minimum absolute atomic E-state index is 0.157. The van der Waals surface area contributed by atoms with Gasteiger partial charge in [0.2, 0.25) is 17.8 Å². The Morgan fingerprint density at radius 3 is 3.00 bits per heavy atom. The Bertz CT molecular complexity index is 838. The van der Waals surface area contributed by atoms with Crippen LogP contribution in [0.25, 0.3) is 17.0 Å². The summed E-state index contributed by atoms with van der Waals surface area (Å²) < 4.78 is 1.42. The highest BCUT2D eigenvalue weighted by atomic mass is 35.5. The highest BCUT2D eigenvalue weighted by Crippen LogP contribution is 2.21. The smallest absolute Gasteiger partial charge is 0.241 e. The topological polar surface area (TPSA) is 101 Å². The predicted octanol–water partition coefficient (Wildman–Crippen LogP) is 1.59. The van der Waals surface area contributed by atoms with Gasteiger partial charge in [-0.1, -0.05) is 6.92 Å². The van der Waals surface area contributed by atoms with Crippen LogP contribution < -0.4 is 5.32 Å². The summed E-state index contributed by atoms with van der Waals surface area (Å²) >= 11 is 5.49. The van der Waals surface area contributed by atoms with E-state index in [1.54, 1.807) is 6.20 Å². The Balaban J connectivity index is 2.08. The van der Waals surface area contributed by atoms with Gasteiger partial charge in [-0.2, -0.15) is 14.8 Å². The number of aryl methyl sites for hydroxylation is 2. The minimum Gasteiger partial charge on any atom is -0.321 e. The second-order valence-electron chi connectivity index (χ2n) is 4.68. The van der Waals surface area contributed by atoms with Crippen molar-refractivity contribution in [1.29, 1.82) is 0 Å². The molecule has 0 aliphatic heterocycles. The van der Waals surface area contributed by atoms with Crippen LogP contribution >= 0.6 is 11.6 Å². The lowest BCUT2D eigenvalue weighted by atomic mass is 10.1. The number of rotatable bonds is 4. The molecule has 0 spiro atoms. The van der Waals surface area contributed by atoms with Crippen LogP contribution in [0.5, 0.6) is 0 Å². The largest absolute Gasteiger partial charge is 0.321 e. The third kappa shape index (κ3) is 2.41. The first-order chi connectivity index (χ1) is 10.6. The molecule has 114 valence electrons. The fourth-order valence-electron chi connectivity index (χ4n) is 2.27. The van der Waals surface area contributed by atoms with Crippen molar-refractivity contribution in [3.63, 3.8) is 0 Å². The molecular weight excluding hydrogens is 306 g/mol. The number of nitrogens with one attached hydrogen (secondary N) is 2. The quantitative estimate of drug-likeness (QED) is 0.711. The molecule has 0 fully saturated rings. The number of amides is 1. The van der Waals surface area contributed by atoms with E-state index < -0.39 is 0 Å². The van der Waals surface area contributed by atoms with Crippen LogP contribution in [-0.4, -0.2) is 41.5 Å². The Kier molecular flexibility index (Phi) is 3.76. The second kappa shape index (κ2) is 5.72. The van der Waals surface area contributed by atoms with Crippen LogP contribution in [0.2, 0.25) is 0 Å². The standard InChI is InChI=1S/C13H14ClN7O/c1-3-8-7(2)15-5-9-11(8)20-13(18-9)21-12(16-6-17-21)19-10(22)4-14/h5-6H,3-4H2,1-2H3,(H,18,20)(H,16,17,19,22). The zero-order valence-electron chi connectivity index (χ0n) is 12.1. The molecule has 0 atom stereocenters. The molecule has 0 unspecified atom stereocenters. The molecule has 0 saturated heterocycles. The number of alkyl halides is 1. The van der Waals surface area contributed by atoms with Crippen molar-refractivity contribution in [3.05, 3.63) is 23.8 Å². The van der Waals surface area contributed by atoms with Crippen LogP contribution in [0.1, 0.15) is 18.2 Å². The summed E-state index contributed by atoms with van der Waals surface area (Å²) in [6, 6.07) is 0. The number of aromatic nitrogens is 6. The average molecular weight is 320 g/mol. The Labute approximate surface area is 130 Å². The minimum atomic E-state index is -0.362. The molecule has 3 rings (SSSR count). The number of fused-ring (bicyclic) bond motifs is 1. The van der Waals surface area contributed by atoms with Gasteiger partial charge in [-0.25, -0.2) is 4.98 Å². The van der Waals surface area contributed by atoms with Gasteiger partial charge in [0, 0.05) is 11.3 Å². The number of halogens is 1. The van der Waals surface area contributed by atoms with Gasteiger partial charge < -0.3 is 4.98 Å². The van der Waals surface area contributed by atoms with Gasteiger partial charge in [-0.05, 0) is 13.3 Å². The lowest BCUT2D eigenvalue weighted by Crippen LogP contribution is -2.17. The molecule has 8 nitrogen and oxygen atoms in total. The van der Waals surface area contributed by atoms with Crippen LogP contribution in [0, 0.1) is 6.92 Å². The summed E-state index contributed by atoms with van der Waals surface area (Å²) in [6.45, 7) is 4.01. The zero-order chi connectivity index (χ0) is 15.7. The molecule has 0 saturated carbocycles. The number of hydrogen-bond donors (Lipinski definition) is 2. The lowest BCUT2D eigenvalue weighted by Gasteiger charge is -2.02. The van der Waals surface area contributed by atoms with Crippen molar-refractivity contribution in [2.24, 2.45) is 0 Å². The van der Waals surface area contributed by atoms with E-state index in [4.69, 9.17) is 11.6 Å². The van der Waals surface area contributed by atoms with Gasteiger partial charge in [0.1, 0.15) is 12.2 Å². The zero-order valence-corrected chi connectivity index (χ0v) is 12.8. The van der Waals surface area contributed by atoms with Gasteiger partial charge in [0.05, 0.1) is 17.2 Å². The van der Waals surface area contributed by atoms with Crippen molar-refractivity contribution in [2.45, 2.75) is 20.3 Å². The number of H-pyrrole nitrogens is 1. The van der Waals surface area contributed by atoms with Gasteiger partial charge in [0.25, 0.3) is 0 Å². The first kappa shape index (κ1) is 14.5. The maximum absolute atomic E-state index is 11.4. The highest BCUT2D eigenvalue weighted by molar-refractivity contribution is 6.28. The summed E-state index contributed by atoms with van der Waals surface area (Å²) in [7, 11) is 0. The molecule has 0 aliphatic rings. The monoisotopic (exact) mass is 319 g/mol. The first-order valence-electron chi connectivity index (χ1n) is 6.74. The number of carbonyl (C=O) groups is 1. The fourth-order valence-corrected chi connectivity index (χ4v) is 2.34. The fraction of sp³-hybridized carbons (Fsp3) is 0.308. The molecule has 0 radical (unpaired) electrons. The summed E-state index contributed by atoms with van der Waals surface area (Å²) in [5, 5.41) is 6.65. The third-order valence-electron chi connectivity index (χ3n) is 3.30. The molecular formula is C13H14ClN7O. The Morgan fingerprint density at radius 1 is 1.45 bits per heavy atom. The normalized spacial score (nSPS) is 11.0. The van der Waals surface area contributed by atoms with Gasteiger partial charge >= 0.3 is 0 Å². The van der Waals surface area contributed by atoms with Gasteiger partial charge in [0.15, 0.2) is 0 Å². The van der Waals surface area contributed by atoms with Crippen molar-refractivity contribution < 1.29 is 4.79 Å². The predicted molar refractivity (Wildman–Crippen MR) is 82.3 cm³/mol. The van der Waals surface area contributed by atoms with Gasteiger partial charge in [-0.15, -0.1) is 11.6 Å². The van der Waals surface area contributed by atoms with Crippen LogP contribution in [0.3, 0.4) is 0 Å². The first-order valence-corrected chi connectivity index (χ1v) is 7.28. The van der Waals surface area contributed by atoms with Crippen molar-refractivity contribution in [2.75, 3.05) is 11.2 Å². The van der Waals surface area contributed by atoms with E-state index in [9.17, 15) is 4.79 Å². The second-order valence-corrected chi connectivity index (χ2v) is 4.94. The summed E-state index contributed by atoms with van der Waals surface area (Å²) in [6.07, 6.45) is 3.89. The van der Waals surface area contributed by atoms with E-state index >= 15 is 0 Å². The SMILES string of the molecule is CCc1c(C)ncc2[nH]c(-n3ncnc3NC(=O)CCl)nc12. The number of hydrogen-bond acceptors (Lipinski definition) is 5. The van der Waals surface area contributed by atoms with E-state index in [1.165, 1.54) is 11.0 Å². The Morgan fingerprint density at radius 2 is 2.27 bits per heavy atom.